The fourth-order valence-corrected chi connectivity index (χ4v) is 3.14. The first-order valence-corrected chi connectivity index (χ1v) is 8.42. The lowest BCUT2D eigenvalue weighted by atomic mass is 9.93. The number of aliphatic hydroxyl groups is 1. The van der Waals surface area contributed by atoms with Crippen LogP contribution in [0.15, 0.2) is 47.1 Å². The lowest BCUT2D eigenvalue weighted by Gasteiger charge is -2.28. The molecule has 5 heteroatoms. The molecule has 0 saturated carbocycles. The van der Waals surface area contributed by atoms with Crippen molar-refractivity contribution in [3.8, 4) is 0 Å². The summed E-state index contributed by atoms with van der Waals surface area (Å²) < 4.78 is 0.865. The Kier molecular flexibility index (Phi) is 6.38. The molecule has 0 spiro atoms. The molecule has 2 aromatic rings. The number of halogens is 2. The van der Waals surface area contributed by atoms with Crippen LogP contribution in [0.1, 0.15) is 31.2 Å². The normalized spacial score (nSPS) is 14.1. The van der Waals surface area contributed by atoms with Gasteiger partial charge in [-0.05, 0) is 33.5 Å². The number of nitrogens with one attached hydrogen (secondary N) is 1. The minimum Gasteiger partial charge on any atom is -0.387 e. The molecule has 0 bridgehead atoms. The van der Waals surface area contributed by atoms with E-state index >= 15 is 0 Å². The molecule has 0 aliphatic heterocycles. The van der Waals surface area contributed by atoms with Crippen molar-refractivity contribution in [1.29, 1.82) is 0 Å². The predicted molar refractivity (Wildman–Crippen MR) is 93.8 cm³/mol. The number of pyridine rings is 1. The maximum atomic E-state index is 10.6. The van der Waals surface area contributed by atoms with E-state index in [2.05, 4.69) is 40.1 Å². The fourth-order valence-electron chi connectivity index (χ4n) is 2.36. The SMILES string of the molecule is CC(C)C(NCc1ncc(Cl)cc1Br)C(O)c1ccccc1. The third-order valence-corrected chi connectivity index (χ3v) is 4.48. The second-order valence-corrected chi connectivity index (χ2v) is 6.88. The zero-order valence-electron chi connectivity index (χ0n) is 12.6. The average molecular weight is 384 g/mol. The van der Waals surface area contributed by atoms with Crippen LogP contribution < -0.4 is 5.32 Å². The molecule has 0 saturated heterocycles. The van der Waals surface area contributed by atoms with Crippen molar-refractivity contribution in [3.63, 3.8) is 0 Å². The number of aliphatic hydroxyl groups excluding tert-OH is 1. The lowest BCUT2D eigenvalue weighted by Crippen LogP contribution is -2.39. The highest BCUT2D eigenvalue weighted by Crippen LogP contribution is 2.23. The Morgan fingerprint density at radius 1 is 1.27 bits per heavy atom. The Balaban J connectivity index is 2.09. The molecule has 2 unspecified atom stereocenters. The smallest absolute Gasteiger partial charge is 0.0945 e. The number of rotatable bonds is 6. The van der Waals surface area contributed by atoms with Gasteiger partial charge in [-0.3, -0.25) is 4.98 Å². The molecule has 0 aliphatic rings. The van der Waals surface area contributed by atoms with E-state index in [0.717, 1.165) is 15.7 Å². The van der Waals surface area contributed by atoms with Gasteiger partial charge in [-0.25, -0.2) is 0 Å². The summed E-state index contributed by atoms with van der Waals surface area (Å²) in [5, 5.41) is 14.6. The summed E-state index contributed by atoms with van der Waals surface area (Å²) in [6, 6.07) is 11.5. The summed E-state index contributed by atoms with van der Waals surface area (Å²) in [5.41, 5.74) is 1.78. The van der Waals surface area contributed by atoms with E-state index < -0.39 is 6.10 Å². The number of hydrogen-bond donors (Lipinski definition) is 2. The van der Waals surface area contributed by atoms with E-state index in [1.54, 1.807) is 6.20 Å². The second kappa shape index (κ2) is 8.06. The summed E-state index contributed by atoms with van der Waals surface area (Å²) in [6.07, 6.45) is 1.06. The van der Waals surface area contributed by atoms with Crippen LogP contribution in [0.4, 0.5) is 0 Å². The van der Waals surface area contributed by atoms with E-state index in [9.17, 15) is 5.11 Å². The summed E-state index contributed by atoms with van der Waals surface area (Å²) >= 11 is 9.37. The van der Waals surface area contributed by atoms with Crippen molar-refractivity contribution in [2.24, 2.45) is 5.92 Å². The molecule has 0 radical (unpaired) electrons. The fraction of sp³-hybridized carbons (Fsp3) is 0.353. The van der Waals surface area contributed by atoms with Gasteiger partial charge < -0.3 is 10.4 Å². The molecule has 1 aromatic carbocycles. The zero-order valence-corrected chi connectivity index (χ0v) is 15.0. The second-order valence-electron chi connectivity index (χ2n) is 5.59. The van der Waals surface area contributed by atoms with E-state index in [4.69, 9.17) is 11.6 Å². The van der Waals surface area contributed by atoms with Gasteiger partial charge in [-0.15, -0.1) is 0 Å². The van der Waals surface area contributed by atoms with Crippen molar-refractivity contribution in [3.05, 3.63) is 63.3 Å². The maximum Gasteiger partial charge on any atom is 0.0945 e. The Morgan fingerprint density at radius 3 is 2.55 bits per heavy atom. The first-order valence-electron chi connectivity index (χ1n) is 7.25. The van der Waals surface area contributed by atoms with Crippen LogP contribution >= 0.6 is 27.5 Å². The van der Waals surface area contributed by atoms with Crippen LogP contribution in [0.5, 0.6) is 0 Å². The number of benzene rings is 1. The van der Waals surface area contributed by atoms with Gasteiger partial charge in [0.05, 0.1) is 16.8 Å². The van der Waals surface area contributed by atoms with Crippen molar-refractivity contribution < 1.29 is 5.11 Å². The number of nitrogens with zero attached hydrogens (tertiary/aromatic N) is 1. The van der Waals surface area contributed by atoms with Gasteiger partial charge in [-0.1, -0.05) is 55.8 Å². The van der Waals surface area contributed by atoms with Gasteiger partial charge in [0, 0.05) is 23.3 Å². The molecule has 0 fully saturated rings. The van der Waals surface area contributed by atoms with Crippen molar-refractivity contribution in [2.75, 3.05) is 0 Å². The third kappa shape index (κ3) is 4.53. The highest BCUT2D eigenvalue weighted by molar-refractivity contribution is 9.10. The molecule has 0 aliphatic carbocycles. The van der Waals surface area contributed by atoms with Crippen LogP contribution in [0.2, 0.25) is 5.02 Å². The monoisotopic (exact) mass is 382 g/mol. The van der Waals surface area contributed by atoms with E-state index in [-0.39, 0.29) is 12.0 Å². The molecular weight excluding hydrogens is 364 g/mol. The van der Waals surface area contributed by atoms with Crippen LogP contribution in [0.3, 0.4) is 0 Å². The van der Waals surface area contributed by atoms with Gasteiger partial charge in [0.1, 0.15) is 0 Å². The minimum absolute atomic E-state index is 0.0632. The van der Waals surface area contributed by atoms with Crippen molar-refractivity contribution >= 4 is 27.5 Å². The molecule has 22 heavy (non-hydrogen) atoms. The summed E-state index contributed by atoms with van der Waals surface area (Å²) in [6.45, 7) is 4.74. The quantitative estimate of drug-likeness (QED) is 0.779. The Bertz CT molecular complexity index is 607. The van der Waals surface area contributed by atoms with E-state index in [1.807, 2.05) is 36.4 Å². The largest absolute Gasteiger partial charge is 0.387 e. The molecule has 2 atom stereocenters. The van der Waals surface area contributed by atoms with Crippen LogP contribution in [-0.2, 0) is 6.54 Å². The standard InChI is InChI=1S/C17H20BrClN2O/c1-11(2)16(17(22)12-6-4-3-5-7-12)21-10-15-14(18)8-13(19)9-20-15/h3-9,11,16-17,21-22H,10H2,1-2H3. The molecule has 1 heterocycles. The number of aromatic nitrogens is 1. The molecular formula is C17H20BrClN2O. The minimum atomic E-state index is -0.563. The summed E-state index contributed by atoms with van der Waals surface area (Å²) in [7, 11) is 0. The van der Waals surface area contributed by atoms with Crippen LogP contribution in [0.25, 0.3) is 0 Å². The Morgan fingerprint density at radius 2 is 1.95 bits per heavy atom. The average Bonchev–Trinajstić information content (AvgIpc) is 2.49. The topological polar surface area (TPSA) is 45.2 Å². The van der Waals surface area contributed by atoms with E-state index in [1.165, 1.54) is 0 Å². The number of hydrogen-bond acceptors (Lipinski definition) is 3. The maximum absolute atomic E-state index is 10.6. The van der Waals surface area contributed by atoms with Gasteiger partial charge in [0.25, 0.3) is 0 Å². The predicted octanol–water partition coefficient (Wildman–Crippen LogP) is 4.35. The highest BCUT2D eigenvalue weighted by atomic mass is 79.9. The van der Waals surface area contributed by atoms with E-state index in [0.29, 0.717) is 11.6 Å². The third-order valence-electron chi connectivity index (χ3n) is 3.59. The lowest BCUT2D eigenvalue weighted by molar-refractivity contribution is 0.104. The van der Waals surface area contributed by atoms with Gasteiger partial charge >= 0.3 is 0 Å². The highest BCUT2D eigenvalue weighted by Gasteiger charge is 2.23. The van der Waals surface area contributed by atoms with Gasteiger partial charge in [-0.2, -0.15) is 0 Å². The zero-order chi connectivity index (χ0) is 16.1. The molecule has 2 N–H and O–H groups in total. The van der Waals surface area contributed by atoms with Crippen LogP contribution in [-0.4, -0.2) is 16.1 Å². The van der Waals surface area contributed by atoms with Crippen LogP contribution in [0, 0.1) is 5.92 Å². The van der Waals surface area contributed by atoms with Gasteiger partial charge in [0.15, 0.2) is 0 Å². The first kappa shape index (κ1) is 17.4. The molecule has 118 valence electrons. The molecule has 3 nitrogen and oxygen atoms in total. The summed E-state index contributed by atoms with van der Waals surface area (Å²) in [5.74, 6) is 0.279. The Labute approximate surface area is 144 Å². The van der Waals surface area contributed by atoms with Crippen molar-refractivity contribution in [1.82, 2.24) is 10.3 Å². The van der Waals surface area contributed by atoms with Gasteiger partial charge in [0.2, 0.25) is 0 Å². The molecule has 1 aromatic heterocycles. The molecule has 2 rings (SSSR count). The molecule has 0 amide bonds. The summed E-state index contributed by atoms with van der Waals surface area (Å²) in [4.78, 5) is 4.32. The Hall–Kier alpha value is -0.940. The van der Waals surface area contributed by atoms with Crippen molar-refractivity contribution in [2.45, 2.75) is 32.5 Å². The first-order chi connectivity index (χ1) is 10.5.